The molecule has 2 saturated heterocycles. The zero-order chi connectivity index (χ0) is 20.9. The van der Waals surface area contributed by atoms with Crippen molar-refractivity contribution in [3.63, 3.8) is 0 Å². The largest absolute Gasteiger partial charge is 0.490 e. The fourth-order valence-electron chi connectivity index (χ4n) is 3.59. The topological polar surface area (TPSA) is 83.0 Å². The van der Waals surface area contributed by atoms with Gasteiger partial charge < -0.3 is 14.7 Å². The van der Waals surface area contributed by atoms with E-state index in [0.717, 1.165) is 43.2 Å². The number of hydrogen-bond donors (Lipinski definition) is 1. The van der Waals surface area contributed by atoms with Gasteiger partial charge in [0.2, 0.25) is 5.91 Å². The molecule has 0 aromatic carbocycles. The van der Waals surface area contributed by atoms with Crippen molar-refractivity contribution in [1.29, 1.82) is 0 Å². The Kier molecular flexibility index (Phi) is 7.79. The predicted molar refractivity (Wildman–Crippen MR) is 96.0 cm³/mol. The smallest absolute Gasteiger partial charge is 0.475 e. The highest BCUT2D eigenvalue weighted by Crippen LogP contribution is 2.32. The molecule has 0 unspecified atom stereocenters. The molecule has 11 heteroatoms. The second kappa shape index (κ2) is 9.66. The molecule has 7 nitrogen and oxygen atoms in total. The molecule has 2 aliphatic heterocycles. The first-order valence-electron chi connectivity index (χ1n) is 8.87. The third-order valence-electron chi connectivity index (χ3n) is 4.82. The Morgan fingerprint density at radius 2 is 2.07 bits per heavy atom. The maximum atomic E-state index is 12.3. The van der Waals surface area contributed by atoms with Crippen molar-refractivity contribution in [2.75, 3.05) is 26.8 Å². The van der Waals surface area contributed by atoms with Crippen LogP contribution in [0.1, 0.15) is 30.0 Å². The van der Waals surface area contributed by atoms with Crippen LogP contribution in [0.2, 0.25) is 0 Å². The Bertz CT molecular complexity index is 683. The molecule has 28 heavy (non-hydrogen) atoms. The van der Waals surface area contributed by atoms with Gasteiger partial charge in [0.15, 0.2) is 0 Å². The Morgan fingerprint density at radius 3 is 2.61 bits per heavy atom. The Morgan fingerprint density at radius 1 is 1.39 bits per heavy atom. The number of methoxy groups -OCH3 is 1. The number of amides is 1. The van der Waals surface area contributed by atoms with E-state index in [0.29, 0.717) is 25.0 Å². The van der Waals surface area contributed by atoms with Crippen LogP contribution in [0.5, 0.6) is 0 Å². The van der Waals surface area contributed by atoms with E-state index in [1.54, 1.807) is 18.4 Å². The molecule has 2 fully saturated rings. The van der Waals surface area contributed by atoms with Crippen LogP contribution in [0.3, 0.4) is 0 Å². The second-order valence-electron chi connectivity index (χ2n) is 6.67. The predicted octanol–water partition coefficient (Wildman–Crippen LogP) is 2.30. The van der Waals surface area contributed by atoms with Crippen molar-refractivity contribution in [3.05, 3.63) is 16.1 Å². The van der Waals surface area contributed by atoms with E-state index in [1.165, 1.54) is 0 Å². The maximum Gasteiger partial charge on any atom is 0.490 e. The zero-order valence-corrected chi connectivity index (χ0v) is 16.6. The highest BCUT2D eigenvalue weighted by Gasteiger charge is 2.42. The SMILES string of the molecule is COCCN1CC[C@H]2[C@@H]1CCC(=O)N2Cc1csc(C)n1.O=C(O)C(F)(F)F. The number of carbonyl (C=O) groups excluding carboxylic acids is 1. The van der Waals surface area contributed by atoms with Gasteiger partial charge in [-0.15, -0.1) is 11.3 Å². The summed E-state index contributed by atoms with van der Waals surface area (Å²) in [5.41, 5.74) is 1.03. The van der Waals surface area contributed by atoms with Crippen molar-refractivity contribution in [2.45, 2.75) is 51.0 Å². The number of hydrogen-bond acceptors (Lipinski definition) is 6. The standard InChI is InChI=1S/C15H23N3O2S.C2HF3O2/c1-11-16-12(10-21-11)9-18-14-5-6-17(7-8-20-2)13(14)3-4-15(18)19;3-2(4,5)1(6)7/h10,13-14H,3-9H2,1-2H3;(H,6,7)/t13-,14-;/m0./s1. The van der Waals surface area contributed by atoms with Gasteiger partial charge in [0, 0.05) is 44.1 Å². The summed E-state index contributed by atoms with van der Waals surface area (Å²) in [6, 6.07) is 0.850. The number of fused-ring (bicyclic) bond motifs is 1. The lowest BCUT2D eigenvalue weighted by atomic mass is 9.96. The molecular formula is C17H24F3N3O4S. The molecule has 3 heterocycles. The van der Waals surface area contributed by atoms with Crippen molar-refractivity contribution in [3.8, 4) is 0 Å². The van der Waals surface area contributed by atoms with Gasteiger partial charge >= 0.3 is 12.1 Å². The summed E-state index contributed by atoms with van der Waals surface area (Å²) in [7, 11) is 1.74. The van der Waals surface area contributed by atoms with Gasteiger partial charge in [0.05, 0.1) is 23.9 Å². The molecule has 3 rings (SSSR count). The number of piperidine rings is 1. The van der Waals surface area contributed by atoms with E-state index in [1.807, 2.05) is 6.92 Å². The van der Waals surface area contributed by atoms with Gasteiger partial charge in [0.25, 0.3) is 0 Å². The lowest BCUT2D eigenvalue weighted by Crippen LogP contribution is -2.52. The molecule has 2 atom stereocenters. The van der Waals surface area contributed by atoms with E-state index in [-0.39, 0.29) is 5.91 Å². The van der Waals surface area contributed by atoms with Gasteiger partial charge in [0.1, 0.15) is 0 Å². The lowest BCUT2D eigenvalue weighted by molar-refractivity contribution is -0.192. The third kappa shape index (κ3) is 5.89. The van der Waals surface area contributed by atoms with Crippen molar-refractivity contribution in [2.24, 2.45) is 0 Å². The summed E-state index contributed by atoms with van der Waals surface area (Å²) in [5.74, 6) is -2.47. The van der Waals surface area contributed by atoms with E-state index in [9.17, 15) is 18.0 Å². The van der Waals surface area contributed by atoms with E-state index in [2.05, 4.69) is 20.2 Å². The first-order chi connectivity index (χ1) is 13.1. The van der Waals surface area contributed by atoms with Crippen LogP contribution in [0.15, 0.2) is 5.38 Å². The van der Waals surface area contributed by atoms with Gasteiger partial charge in [-0.25, -0.2) is 9.78 Å². The minimum absolute atomic E-state index is 0.287. The minimum atomic E-state index is -5.08. The highest BCUT2D eigenvalue weighted by molar-refractivity contribution is 7.09. The number of alkyl halides is 3. The number of aryl methyl sites for hydroxylation is 1. The van der Waals surface area contributed by atoms with E-state index in [4.69, 9.17) is 14.6 Å². The first-order valence-corrected chi connectivity index (χ1v) is 9.75. The average Bonchev–Trinajstić information content (AvgIpc) is 3.21. The van der Waals surface area contributed by atoms with Gasteiger partial charge in [-0.05, 0) is 19.8 Å². The number of nitrogens with zero attached hydrogens (tertiary/aromatic N) is 3. The number of aromatic nitrogens is 1. The molecule has 0 spiro atoms. The summed E-state index contributed by atoms with van der Waals surface area (Å²) in [6.45, 7) is 5.48. The molecule has 0 radical (unpaired) electrons. The molecule has 0 bridgehead atoms. The number of rotatable bonds is 5. The van der Waals surface area contributed by atoms with Crippen LogP contribution in [-0.4, -0.2) is 76.8 Å². The quantitative estimate of drug-likeness (QED) is 0.783. The number of carbonyl (C=O) groups is 2. The van der Waals surface area contributed by atoms with Gasteiger partial charge in [-0.2, -0.15) is 13.2 Å². The minimum Gasteiger partial charge on any atom is -0.475 e. The maximum absolute atomic E-state index is 12.3. The molecule has 158 valence electrons. The highest BCUT2D eigenvalue weighted by atomic mass is 32.1. The van der Waals surface area contributed by atoms with Crippen LogP contribution in [-0.2, 0) is 20.9 Å². The number of carboxylic acids is 1. The van der Waals surface area contributed by atoms with Crippen LogP contribution < -0.4 is 0 Å². The Balaban J connectivity index is 0.000000345. The van der Waals surface area contributed by atoms with Crippen LogP contribution in [0.4, 0.5) is 13.2 Å². The Labute approximate surface area is 165 Å². The van der Waals surface area contributed by atoms with Crippen LogP contribution >= 0.6 is 11.3 Å². The summed E-state index contributed by atoms with van der Waals surface area (Å²) < 4.78 is 36.9. The molecule has 2 aliphatic rings. The Hall–Kier alpha value is -1.72. The molecule has 0 aliphatic carbocycles. The summed E-state index contributed by atoms with van der Waals surface area (Å²) in [6.07, 6.45) is -2.36. The molecule has 1 N–H and O–H groups in total. The molecule has 1 amide bonds. The fourth-order valence-corrected chi connectivity index (χ4v) is 4.19. The van der Waals surface area contributed by atoms with Gasteiger partial charge in [-0.1, -0.05) is 0 Å². The molecule has 0 saturated carbocycles. The number of thiazole rings is 1. The van der Waals surface area contributed by atoms with Crippen LogP contribution in [0.25, 0.3) is 0 Å². The normalized spacial score (nSPS) is 22.6. The number of aliphatic carboxylic acids is 1. The van der Waals surface area contributed by atoms with Crippen molar-refractivity contribution < 1.29 is 32.6 Å². The number of likely N-dealkylation sites (tertiary alicyclic amines) is 2. The van der Waals surface area contributed by atoms with Crippen LogP contribution in [0, 0.1) is 6.92 Å². The molecule has 1 aromatic rings. The first kappa shape index (κ1) is 22.6. The zero-order valence-electron chi connectivity index (χ0n) is 15.7. The monoisotopic (exact) mass is 423 g/mol. The summed E-state index contributed by atoms with van der Waals surface area (Å²) in [4.78, 5) is 30.3. The molecular weight excluding hydrogens is 399 g/mol. The van der Waals surface area contributed by atoms with Crippen molar-refractivity contribution >= 4 is 23.2 Å². The molecule has 1 aromatic heterocycles. The third-order valence-corrected chi connectivity index (χ3v) is 5.65. The van der Waals surface area contributed by atoms with Gasteiger partial charge in [-0.3, -0.25) is 9.69 Å². The van der Waals surface area contributed by atoms with Crippen molar-refractivity contribution in [1.82, 2.24) is 14.8 Å². The average molecular weight is 423 g/mol. The second-order valence-corrected chi connectivity index (χ2v) is 7.74. The lowest BCUT2D eigenvalue weighted by Gasteiger charge is -2.39. The van der Waals surface area contributed by atoms with E-state index >= 15 is 0 Å². The number of halogens is 3. The number of ether oxygens (including phenoxy) is 1. The summed E-state index contributed by atoms with van der Waals surface area (Å²) in [5, 5.41) is 10.3. The van der Waals surface area contributed by atoms with E-state index < -0.39 is 12.1 Å². The fraction of sp³-hybridized carbons (Fsp3) is 0.706. The summed E-state index contributed by atoms with van der Waals surface area (Å²) >= 11 is 1.66. The number of carboxylic acid groups (broad SMARTS) is 1.